The van der Waals surface area contributed by atoms with E-state index in [1.165, 1.54) is 73.1 Å². The molecule has 0 radical (unpaired) electrons. The molecule has 1 saturated heterocycles. The average Bonchev–Trinajstić information content (AvgIpc) is 4.00. The Hall–Kier alpha value is -1.59. The molecular weight excluding hydrogens is 1080 g/mol. The maximum absolute atomic E-state index is 14.1. The second-order valence-corrected chi connectivity index (χ2v) is 25.5. The summed E-state index contributed by atoms with van der Waals surface area (Å²) < 4.78 is 0. The van der Waals surface area contributed by atoms with E-state index in [0.717, 1.165) is 45.0 Å². The van der Waals surface area contributed by atoms with E-state index in [1.54, 1.807) is 61.2 Å². The van der Waals surface area contributed by atoms with E-state index < -0.39 is 20.8 Å². The minimum atomic E-state index is -0.826. The van der Waals surface area contributed by atoms with Gasteiger partial charge in [0, 0.05) is 0 Å². The fourth-order valence-electron chi connectivity index (χ4n) is 9.39. The number of anilines is 2. The molecule has 4 aromatic rings. The Bertz CT molecular complexity index is 1800. The molecule has 0 aromatic heterocycles. The van der Waals surface area contributed by atoms with Crippen molar-refractivity contribution in [3.05, 3.63) is 134 Å². The monoisotopic (exact) mass is 1140 g/mol. The van der Waals surface area contributed by atoms with Crippen LogP contribution in [0.25, 0.3) is 0 Å². The van der Waals surface area contributed by atoms with Crippen molar-refractivity contribution < 1.29 is 36.5 Å². The third-order valence-corrected chi connectivity index (χ3v) is 12.6. The Labute approximate surface area is 421 Å². The van der Waals surface area contributed by atoms with Crippen LogP contribution in [0.5, 0.6) is 0 Å². The molecule has 4 unspecified atom stereocenters. The zero-order chi connectivity index (χ0) is 42.9. The molecule has 0 bridgehead atoms. The van der Waals surface area contributed by atoms with Gasteiger partial charge in [0.15, 0.2) is 11.7 Å². The van der Waals surface area contributed by atoms with E-state index in [0.29, 0.717) is 11.7 Å². The van der Waals surface area contributed by atoms with Gasteiger partial charge < -0.3 is 14.9 Å². The van der Waals surface area contributed by atoms with Crippen LogP contribution in [0, 0.1) is 66.2 Å². The summed E-state index contributed by atoms with van der Waals surface area (Å²) in [6.45, 7) is 8.13. The van der Waals surface area contributed by atoms with E-state index in [2.05, 4.69) is 28.5 Å². The van der Waals surface area contributed by atoms with Crippen LogP contribution in [0.4, 0.5) is 27.5 Å². The quantitative estimate of drug-likeness (QED) is 0.148. The molecule has 4 atom stereocenters. The van der Waals surface area contributed by atoms with Crippen molar-refractivity contribution in [1.29, 1.82) is 0 Å². The summed E-state index contributed by atoms with van der Waals surface area (Å²) in [6, 6.07) is 31.4. The maximum atomic E-state index is 14.1. The SMILES string of the molecule is C.C1CCC2CCCC2C1.C1CCC2CCCC2C1.Cc1ccc(N=C2C(=Nc3ccc(C)cc3)N(c3ccc(C)cc3)C(=O)N2c2ccc(C)cc2)cc1.[Br][Ni][Br].[CH3-].[CH3-].[Cl][Zr+2][Cl]. The first-order chi connectivity index (χ1) is 29.1. The van der Waals surface area contributed by atoms with Crippen molar-refractivity contribution >= 4 is 85.9 Å². The van der Waals surface area contributed by atoms with Crippen molar-refractivity contribution in [2.45, 2.75) is 125 Å². The van der Waals surface area contributed by atoms with E-state index >= 15 is 0 Å². The number of urea groups is 1. The average molecular weight is 1150 g/mol. The molecule has 0 N–H and O–H groups in total. The summed E-state index contributed by atoms with van der Waals surface area (Å²) in [5, 5.41) is 0. The molecular formula is C52H70Br2Cl2N4NiOZr. The van der Waals surface area contributed by atoms with Gasteiger partial charge in [-0.3, -0.25) is 0 Å². The molecule has 0 spiro atoms. The number of fused-ring (bicyclic) bond motifs is 2. The number of nitrogens with zero attached hydrogens (tertiary/aromatic N) is 4. The predicted octanol–water partition coefficient (Wildman–Crippen LogP) is 18.4. The van der Waals surface area contributed by atoms with Gasteiger partial charge in [-0.15, -0.1) is 0 Å². The first-order valence-corrected chi connectivity index (χ1v) is 32.7. The first kappa shape index (κ1) is 57.5. The number of amidine groups is 2. The molecule has 2 amide bonds. The molecule has 63 heavy (non-hydrogen) atoms. The molecule has 5 fully saturated rings. The Kier molecular flexibility index (Phi) is 28.0. The number of aliphatic imine (C=N–C) groups is 2. The summed E-state index contributed by atoms with van der Waals surface area (Å²) in [7, 11) is 11.1. The van der Waals surface area contributed by atoms with Crippen LogP contribution in [0.3, 0.4) is 0 Å². The number of benzene rings is 4. The predicted molar refractivity (Wildman–Crippen MR) is 277 cm³/mol. The fourth-order valence-corrected chi connectivity index (χ4v) is 9.39. The van der Waals surface area contributed by atoms with Gasteiger partial charge >= 0.3 is 83.3 Å². The number of hydrogen-bond acceptors (Lipinski definition) is 3. The van der Waals surface area contributed by atoms with Crippen molar-refractivity contribution in [3.63, 3.8) is 0 Å². The Morgan fingerprint density at radius 1 is 0.492 bits per heavy atom. The third kappa shape index (κ3) is 17.5. The van der Waals surface area contributed by atoms with Crippen molar-refractivity contribution in [2.24, 2.45) is 33.7 Å². The molecule has 5 aliphatic rings. The van der Waals surface area contributed by atoms with E-state index in [9.17, 15) is 4.79 Å². The first-order valence-electron chi connectivity index (χ1n) is 21.5. The second-order valence-electron chi connectivity index (χ2n) is 16.8. The van der Waals surface area contributed by atoms with Crippen molar-refractivity contribution in [2.75, 3.05) is 9.80 Å². The molecule has 5 nitrogen and oxygen atoms in total. The molecule has 1 aliphatic heterocycles. The van der Waals surface area contributed by atoms with Gasteiger partial charge in [0.1, 0.15) is 0 Å². The number of halogens is 4. The van der Waals surface area contributed by atoms with Gasteiger partial charge in [-0.2, -0.15) is 0 Å². The molecule has 4 aliphatic carbocycles. The number of hydrogen-bond donors (Lipinski definition) is 0. The Morgan fingerprint density at radius 3 is 0.968 bits per heavy atom. The van der Waals surface area contributed by atoms with Crippen molar-refractivity contribution in [1.82, 2.24) is 0 Å². The molecule has 346 valence electrons. The van der Waals surface area contributed by atoms with Crippen LogP contribution in [0.15, 0.2) is 107 Å². The second kappa shape index (κ2) is 30.6. The number of rotatable bonds is 4. The Balaban J connectivity index is 0.000000409. The summed E-state index contributed by atoms with van der Waals surface area (Å²) in [6.07, 6.45) is 21.7. The summed E-state index contributed by atoms with van der Waals surface area (Å²) in [5.74, 6) is 5.62. The zero-order valence-electron chi connectivity index (χ0n) is 37.5. The van der Waals surface area contributed by atoms with Crippen LogP contribution in [-0.4, -0.2) is 17.7 Å². The standard InChI is InChI=1S/C31H28N4O.2C9H16.CH4.2CH3.2BrH.2ClH.Ni.Zr/c1-21-5-13-25(14-6-21)32-29-30(33-26-15-7-22(2)8-16-26)35(28-19-11-24(4)12-20-28)31(36)34(29)27-17-9-23(3)10-18-27;2*1-2-5-9-7-3-6-8(9)4-1;;;;;;;;;/h5-20H,1-4H3;2*8-9H,1-7H2;1H4;2*1H3;4*1H;;/q;;;;2*-1;;;;;+2;+4/p-4. The topological polar surface area (TPSA) is 48.3 Å². The van der Waals surface area contributed by atoms with Crippen molar-refractivity contribution in [3.8, 4) is 0 Å². The van der Waals surface area contributed by atoms with Gasteiger partial charge in [-0.05, 0) is 99.9 Å². The van der Waals surface area contributed by atoms with Gasteiger partial charge in [-0.1, -0.05) is 168 Å². The molecule has 1 heterocycles. The molecule has 4 aromatic carbocycles. The van der Waals surface area contributed by atoms with Crippen LogP contribution < -0.4 is 9.80 Å². The normalized spacial score (nSPS) is 21.7. The molecule has 11 heteroatoms. The van der Waals surface area contributed by atoms with Gasteiger partial charge in [0.25, 0.3) is 0 Å². The van der Waals surface area contributed by atoms with Gasteiger partial charge in [0.2, 0.25) is 0 Å². The molecule has 4 saturated carbocycles. The van der Waals surface area contributed by atoms with E-state index in [1.807, 2.05) is 125 Å². The number of amides is 2. The fraction of sp³-hybridized carbons (Fsp3) is 0.442. The minimum absolute atomic E-state index is 0. The van der Waals surface area contributed by atoms with Gasteiger partial charge in [-0.25, -0.2) is 24.6 Å². The summed E-state index contributed by atoms with van der Waals surface area (Å²) in [5.41, 5.74) is 7.51. The van der Waals surface area contributed by atoms with Crippen LogP contribution in [0.1, 0.15) is 120 Å². The van der Waals surface area contributed by atoms with Crippen LogP contribution >= 0.6 is 45.5 Å². The zero-order valence-corrected chi connectivity index (χ0v) is 45.6. The summed E-state index contributed by atoms with van der Waals surface area (Å²) >= 11 is 5.17. The number of carbonyl (C=O) groups excluding carboxylic acids is 1. The Morgan fingerprint density at radius 2 is 0.714 bits per heavy atom. The molecule has 9 rings (SSSR count). The van der Waals surface area contributed by atoms with Crippen LogP contribution in [0.2, 0.25) is 0 Å². The van der Waals surface area contributed by atoms with Gasteiger partial charge in [0.05, 0.1) is 22.7 Å². The third-order valence-electron chi connectivity index (χ3n) is 12.6. The van der Waals surface area contributed by atoms with Crippen LogP contribution in [-0.2, 0) is 31.7 Å². The van der Waals surface area contributed by atoms with E-state index in [4.69, 9.17) is 27.0 Å². The number of aryl methyl sites for hydroxylation is 4. The number of carbonyl (C=O) groups is 1. The summed E-state index contributed by atoms with van der Waals surface area (Å²) in [4.78, 5) is 27.3. The van der Waals surface area contributed by atoms with E-state index in [-0.39, 0.29) is 28.3 Å².